The van der Waals surface area contributed by atoms with Crippen LogP contribution in [0.2, 0.25) is 0 Å². The number of aromatic amines is 1. The molecule has 0 saturated heterocycles. The van der Waals surface area contributed by atoms with Gasteiger partial charge in [-0.05, 0) is 50.1 Å². The quantitative estimate of drug-likeness (QED) is 0.622. The monoisotopic (exact) mass is 414 g/mol. The SMILES string of the molecule is COC(=O)c1cccc2[nH]c(-c3cc(Br)sc3Br)nc12. The average Bonchev–Trinajstić information content (AvgIpc) is 3.00. The van der Waals surface area contributed by atoms with Gasteiger partial charge in [-0.2, -0.15) is 0 Å². The molecule has 2 aromatic heterocycles. The number of H-pyrrole nitrogens is 1. The van der Waals surface area contributed by atoms with Crippen molar-refractivity contribution in [3.05, 3.63) is 37.4 Å². The number of esters is 1. The summed E-state index contributed by atoms with van der Waals surface area (Å²) in [6, 6.07) is 7.37. The number of nitrogens with one attached hydrogen (secondary N) is 1. The van der Waals surface area contributed by atoms with E-state index in [0.29, 0.717) is 16.9 Å². The topological polar surface area (TPSA) is 55.0 Å². The molecule has 0 aliphatic carbocycles. The summed E-state index contributed by atoms with van der Waals surface area (Å²) in [5.41, 5.74) is 2.83. The lowest BCUT2D eigenvalue weighted by molar-refractivity contribution is 0.0603. The van der Waals surface area contributed by atoms with Gasteiger partial charge in [0.05, 0.1) is 25.8 Å². The van der Waals surface area contributed by atoms with Crippen molar-refractivity contribution in [2.45, 2.75) is 0 Å². The molecular weight excluding hydrogens is 408 g/mol. The number of hydrogen-bond acceptors (Lipinski definition) is 4. The Morgan fingerprint density at radius 2 is 2.20 bits per heavy atom. The van der Waals surface area contributed by atoms with Crippen molar-refractivity contribution in [1.82, 2.24) is 9.97 Å². The Hall–Kier alpha value is -1.18. The molecule has 0 aliphatic heterocycles. The number of para-hydroxylation sites is 1. The summed E-state index contributed by atoms with van der Waals surface area (Å²) in [4.78, 5) is 19.5. The molecule has 0 atom stereocenters. The van der Waals surface area contributed by atoms with Crippen molar-refractivity contribution < 1.29 is 9.53 Å². The zero-order valence-electron chi connectivity index (χ0n) is 10.2. The van der Waals surface area contributed by atoms with Crippen LogP contribution in [-0.4, -0.2) is 23.0 Å². The number of fused-ring (bicyclic) bond motifs is 1. The molecule has 4 nitrogen and oxygen atoms in total. The van der Waals surface area contributed by atoms with Crippen LogP contribution < -0.4 is 0 Å². The van der Waals surface area contributed by atoms with Crippen LogP contribution in [0, 0.1) is 0 Å². The van der Waals surface area contributed by atoms with Gasteiger partial charge >= 0.3 is 5.97 Å². The van der Waals surface area contributed by atoms with E-state index in [9.17, 15) is 4.79 Å². The van der Waals surface area contributed by atoms with Gasteiger partial charge in [-0.15, -0.1) is 11.3 Å². The molecule has 20 heavy (non-hydrogen) atoms. The van der Waals surface area contributed by atoms with E-state index in [1.54, 1.807) is 23.5 Å². The molecule has 0 bridgehead atoms. The van der Waals surface area contributed by atoms with Gasteiger partial charge in [0.25, 0.3) is 0 Å². The maximum absolute atomic E-state index is 11.8. The molecule has 2 heterocycles. The summed E-state index contributed by atoms with van der Waals surface area (Å²) in [7, 11) is 1.36. The number of halogens is 2. The van der Waals surface area contributed by atoms with Gasteiger partial charge in [0.1, 0.15) is 11.3 Å². The fourth-order valence-corrected chi connectivity index (χ4v) is 4.74. The van der Waals surface area contributed by atoms with Gasteiger partial charge in [0, 0.05) is 5.56 Å². The normalized spacial score (nSPS) is 10.9. The molecule has 0 aliphatic rings. The molecule has 0 fully saturated rings. The molecule has 0 unspecified atom stereocenters. The van der Waals surface area contributed by atoms with Gasteiger partial charge in [-0.25, -0.2) is 9.78 Å². The van der Waals surface area contributed by atoms with Crippen molar-refractivity contribution in [2.24, 2.45) is 0 Å². The van der Waals surface area contributed by atoms with E-state index in [4.69, 9.17) is 4.74 Å². The van der Waals surface area contributed by atoms with Crippen LogP contribution in [-0.2, 0) is 4.74 Å². The summed E-state index contributed by atoms with van der Waals surface area (Å²) in [6.45, 7) is 0. The summed E-state index contributed by atoms with van der Waals surface area (Å²) in [5.74, 6) is 0.324. The highest BCUT2D eigenvalue weighted by atomic mass is 79.9. The molecule has 7 heteroatoms. The maximum atomic E-state index is 11.8. The number of carbonyl (C=O) groups is 1. The Kier molecular flexibility index (Phi) is 3.66. The largest absolute Gasteiger partial charge is 0.465 e. The van der Waals surface area contributed by atoms with E-state index in [-0.39, 0.29) is 5.97 Å². The number of ether oxygens (including phenoxy) is 1. The van der Waals surface area contributed by atoms with Gasteiger partial charge in [-0.3, -0.25) is 0 Å². The summed E-state index contributed by atoms with van der Waals surface area (Å²) in [5, 5.41) is 0. The van der Waals surface area contributed by atoms with E-state index in [2.05, 4.69) is 41.8 Å². The Labute approximate surface area is 135 Å². The third kappa shape index (κ3) is 2.30. The van der Waals surface area contributed by atoms with Crippen LogP contribution in [0.3, 0.4) is 0 Å². The minimum absolute atomic E-state index is 0.390. The summed E-state index contributed by atoms with van der Waals surface area (Å²) >= 11 is 8.53. The standard InChI is InChI=1S/C13H8Br2N2O2S/c1-19-13(18)6-3-2-4-8-10(6)17-12(16-8)7-5-9(14)20-11(7)15/h2-5H,1H3,(H,16,17). The maximum Gasteiger partial charge on any atom is 0.340 e. The molecule has 0 saturated carbocycles. The zero-order valence-corrected chi connectivity index (χ0v) is 14.2. The average molecular weight is 416 g/mol. The van der Waals surface area contributed by atoms with Crippen molar-refractivity contribution in [1.29, 1.82) is 0 Å². The first-order valence-electron chi connectivity index (χ1n) is 5.62. The van der Waals surface area contributed by atoms with Crippen LogP contribution in [0.1, 0.15) is 10.4 Å². The highest BCUT2D eigenvalue weighted by Crippen LogP contribution is 2.38. The van der Waals surface area contributed by atoms with Crippen LogP contribution in [0.4, 0.5) is 0 Å². The second kappa shape index (κ2) is 5.31. The molecule has 0 radical (unpaired) electrons. The second-order valence-corrected chi connectivity index (χ2v) is 7.77. The third-order valence-electron chi connectivity index (χ3n) is 2.83. The minimum atomic E-state index is -0.390. The molecule has 1 aromatic carbocycles. The Balaban J connectivity index is 2.21. The number of methoxy groups -OCH3 is 1. The van der Waals surface area contributed by atoms with Crippen LogP contribution in [0.25, 0.3) is 22.4 Å². The molecule has 0 amide bonds. The number of aromatic nitrogens is 2. The molecule has 3 aromatic rings. The Bertz CT molecular complexity index is 810. The van der Waals surface area contributed by atoms with E-state index >= 15 is 0 Å². The molecule has 102 valence electrons. The first kappa shape index (κ1) is 13.8. The Morgan fingerprint density at radius 1 is 1.40 bits per heavy atom. The van der Waals surface area contributed by atoms with Crippen molar-refractivity contribution in [3.63, 3.8) is 0 Å². The smallest absolute Gasteiger partial charge is 0.340 e. The fourth-order valence-electron chi connectivity index (χ4n) is 1.94. The fraction of sp³-hybridized carbons (Fsp3) is 0.0769. The number of imidazole rings is 1. The van der Waals surface area contributed by atoms with Crippen molar-refractivity contribution >= 4 is 60.2 Å². The second-order valence-electron chi connectivity index (χ2n) is 4.02. The van der Waals surface area contributed by atoms with Crippen molar-refractivity contribution in [2.75, 3.05) is 7.11 Å². The third-order valence-corrected chi connectivity index (χ3v) is 5.17. The first-order valence-corrected chi connectivity index (χ1v) is 8.02. The lowest BCUT2D eigenvalue weighted by Crippen LogP contribution is -2.01. The number of benzene rings is 1. The van der Waals surface area contributed by atoms with Crippen LogP contribution >= 0.6 is 43.2 Å². The number of thiophene rings is 1. The minimum Gasteiger partial charge on any atom is -0.465 e. The number of nitrogens with zero attached hydrogens (tertiary/aromatic N) is 1. The summed E-state index contributed by atoms with van der Waals surface area (Å²) in [6.07, 6.45) is 0. The lowest BCUT2D eigenvalue weighted by atomic mass is 10.2. The summed E-state index contributed by atoms with van der Waals surface area (Å²) < 4.78 is 6.76. The van der Waals surface area contributed by atoms with Gasteiger partial charge in [0.2, 0.25) is 0 Å². The molecule has 3 rings (SSSR count). The molecular formula is C13H8Br2N2O2S. The lowest BCUT2D eigenvalue weighted by Gasteiger charge is -1.98. The van der Waals surface area contributed by atoms with Crippen LogP contribution in [0.15, 0.2) is 31.8 Å². The predicted octanol–water partition coefficient (Wildman–Crippen LogP) is 4.60. The van der Waals surface area contributed by atoms with E-state index in [1.807, 2.05) is 12.1 Å². The van der Waals surface area contributed by atoms with Gasteiger partial charge in [0.15, 0.2) is 0 Å². The van der Waals surface area contributed by atoms with Crippen molar-refractivity contribution in [3.8, 4) is 11.4 Å². The van der Waals surface area contributed by atoms with E-state index in [1.165, 1.54) is 7.11 Å². The highest BCUT2D eigenvalue weighted by Gasteiger charge is 2.16. The first-order chi connectivity index (χ1) is 9.60. The van der Waals surface area contributed by atoms with E-state index in [0.717, 1.165) is 18.7 Å². The Morgan fingerprint density at radius 3 is 2.85 bits per heavy atom. The molecule has 1 N–H and O–H groups in total. The number of hydrogen-bond donors (Lipinski definition) is 1. The predicted molar refractivity (Wildman–Crippen MR) is 86.1 cm³/mol. The molecule has 0 spiro atoms. The van der Waals surface area contributed by atoms with Gasteiger partial charge < -0.3 is 9.72 Å². The number of carbonyl (C=O) groups excluding carboxylic acids is 1. The zero-order chi connectivity index (χ0) is 14.3. The highest BCUT2D eigenvalue weighted by molar-refractivity contribution is 9.12. The van der Waals surface area contributed by atoms with Gasteiger partial charge in [-0.1, -0.05) is 6.07 Å². The van der Waals surface area contributed by atoms with Crippen LogP contribution in [0.5, 0.6) is 0 Å². The number of rotatable bonds is 2. The van der Waals surface area contributed by atoms with E-state index < -0.39 is 0 Å².